The zero-order valence-electron chi connectivity index (χ0n) is 17.2. The second kappa shape index (κ2) is 9.97. The number of halogens is 1. The van der Waals surface area contributed by atoms with E-state index in [4.69, 9.17) is 4.74 Å². The standard InChI is InChI=1S/C23H20FN3O3S2/c1-30-18-10-8-16(9-11-18)25-22(29)20-13-21(28)27(14-19-3-2-12-31-19)23(32-20)26-17-6-4-15(24)5-7-17/h2-12,20H,13-14H2,1H3,(H,25,29)/t20-/m1/s1. The molecule has 9 heteroatoms. The number of benzene rings is 2. The monoisotopic (exact) mass is 469 g/mol. The predicted octanol–water partition coefficient (Wildman–Crippen LogP) is 5.06. The number of methoxy groups -OCH3 is 1. The van der Waals surface area contributed by atoms with Crippen LogP contribution in [-0.2, 0) is 16.1 Å². The van der Waals surface area contributed by atoms with Gasteiger partial charge in [-0.05, 0) is 60.0 Å². The van der Waals surface area contributed by atoms with Crippen LogP contribution in [0.4, 0.5) is 15.8 Å². The van der Waals surface area contributed by atoms with Crippen molar-refractivity contribution >= 4 is 51.5 Å². The van der Waals surface area contributed by atoms with E-state index < -0.39 is 5.25 Å². The summed E-state index contributed by atoms with van der Waals surface area (Å²) in [5, 5.41) is 4.57. The summed E-state index contributed by atoms with van der Waals surface area (Å²) in [5.41, 5.74) is 1.12. The Balaban J connectivity index is 1.56. The van der Waals surface area contributed by atoms with Crippen molar-refractivity contribution in [1.29, 1.82) is 0 Å². The Labute approximate surface area is 193 Å². The van der Waals surface area contributed by atoms with Crippen molar-refractivity contribution in [2.24, 2.45) is 4.99 Å². The van der Waals surface area contributed by atoms with Crippen molar-refractivity contribution in [2.45, 2.75) is 18.2 Å². The van der Waals surface area contributed by atoms with Gasteiger partial charge in [0.05, 0.1) is 19.3 Å². The van der Waals surface area contributed by atoms with E-state index >= 15 is 0 Å². The molecule has 32 heavy (non-hydrogen) atoms. The number of anilines is 1. The molecule has 164 valence electrons. The van der Waals surface area contributed by atoms with E-state index in [9.17, 15) is 14.0 Å². The molecule has 0 bridgehead atoms. The Bertz CT molecular complexity index is 1120. The molecule has 1 fully saturated rings. The van der Waals surface area contributed by atoms with Gasteiger partial charge >= 0.3 is 0 Å². The lowest BCUT2D eigenvalue weighted by Crippen LogP contribution is -2.44. The molecular formula is C23H20FN3O3S2. The molecule has 1 aliphatic rings. The zero-order chi connectivity index (χ0) is 22.5. The number of ether oxygens (including phenoxy) is 1. The number of nitrogens with zero attached hydrogens (tertiary/aromatic N) is 2. The number of rotatable bonds is 6. The predicted molar refractivity (Wildman–Crippen MR) is 126 cm³/mol. The number of nitrogens with one attached hydrogen (secondary N) is 1. The second-order valence-electron chi connectivity index (χ2n) is 6.96. The van der Waals surface area contributed by atoms with Crippen molar-refractivity contribution in [3.8, 4) is 5.75 Å². The van der Waals surface area contributed by atoms with Gasteiger partial charge < -0.3 is 10.1 Å². The van der Waals surface area contributed by atoms with Crippen LogP contribution in [0.25, 0.3) is 0 Å². The van der Waals surface area contributed by atoms with Gasteiger partial charge in [0.15, 0.2) is 5.17 Å². The maximum Gasteiger partial charge on any atom is 0.238 e. The lowest BCUT2D eigenvalue weighted by Gasteiger charge is -2.31. The summed E-state index contributed by atoms with van der Waals surface area (Å²) in [6, 6.07) is 16.5. The normalized spacial score (nSPS) is 17.4. The van der Waals surface area contributed by atoms with E-state index in [-0.39, 0.29) is 24.1 Å². The van der Waals surface area contributed by atoms with Crippen molar-refractivity contribution in [1.82, 2.24) is 4.90 Å². The van der Waals surface area contributed by atoms with Gasteiger partial charge in [-0.3, -0.25) is 14.5 Å². The number of amides is 2. The molecule has 0 unspecified atom stereocenters. The average Bonchev–Trinajstić information content (AvgIpc) is 3.31. The first-order valence-electron chi connectivity index (χ1n) is 9.80. The summed E-state index contributed by atoms with van der Waals surface area (Å²) in [7, 11) is 1.57. The Kier molecular flexibility index (Phi) is 6.87. The molecule has 3 aromatic rings. The average molecular weight is 470 g/mol. The largest absolute Gasteiger partial charge is 0.497 e. The zero-order valence-corrected chi connectivity index (χ0v) is 18.8. The van der Waals surface area contributed by atoms with Crippen LogP contribution in [0.1, 0.15) is 11.3 Å². The molecule has 2 aromatic carbocycles. The minimum atomic E-state index is -0.636. The molecule has 6 nitrogen and oxygen atoms in total. The number of carbonyl (C=O) groups is 2. The summed E-state index contributed by atoms with van der Waals surface area (Å²) in [5.74, 6) is -0.152. The van der Waals surface area contributed by atoms with E-state index in [1.807, 2.05) is 17.5 Å². The molecule has 1 aromatic heterocycles. The van der Waals surface area contributed by atoms with E-state index in [0.717, 1.165) is 4.88 Å². The van der Waals surface area contributed by atoms with Gasteiger partial charge in [-0.2, -0.15) is 0 Å². The lowest BCUT2D eigenvalue weighted by atomic mass is 10.2. The molecule has 4 rings (SSSR count). The number of aliphatic imine (C=N–C) groups is 1. The number of hydrogen-bond acceptors (Lipinski definition) is 6. The third-order valence-corrected chi connectivity index (χ3v) is 6.78. The third kappa shape index (κ3) is 5.35. The highest BCUT2D eigenvalue weighted by atomic mass is 32.2. The van der Waals surface area contributed by atoms with E-state index in [1.54, 1.807) is 47.6 Å². The van der Waals surface area contributed by atoms with Crippen LogP contribution in [-0.4, -0.2) is 34.2 Å². The molecule has 0 saturated carbocycles. The Morgan fingerprint density at radius 1 is 1.19 bits per heavy atom. The summed E-state index contributed by atoms with van der Waals surface area (Å²) in [4.78, 5) is 33.1. The van der Waals surface area contributed by atoms with E-state index in [0.29, 0.717) is 28.8 Å². The molecule has 1 atom stereocenters. The van der Waals surface area contributed by atoms with Crippen LogP contribution in [0.5, 0.6) is 5.75 Å². The summed E-state index contributed by atoms with van der Waals surface area (Å²) < 4.78 is 18.4. The number of hydrogen-bond donors (Lipinski definition) is 1. The molecule has 1 N–H and O–H groups in total. The number of thioether (sulfide) groups is 1. The lowest BCUT2D eigenvalue weighted by molar-refractivity contribution is -0.129. The second-order valence-corrected chi connectivity index (χ2v) is 9.16. The topological polar surface area (TPSA) is 71.0 Å². The Morgan fingerprint density at radius 2 is 1.94 bits per heavy atom. The van der Waals surface area contributed by atoms with Crippen LogP contribution in [0, 0.1) is 5.82 Å². The first-order chi connectivity index (χ1) is 15.5. The molecule has 2 heterocycles. The smallest absolute Gasteiger partial charge is 0.238 e. The summed E-state index contributed by atoms with van der Waals surface area (Å²) in [6.07, 6.45) is 0.0560. The van der Waals surface area contributed by atoms with Crippen LogP contribution < -0.4 is 10.1 Å². The highest BCUT2D eigenvalue weighted by molar-refractivity contribution is 8.15. The van der Waals surface area contributed by atoms with Crippen molar-refractivity contribution in [3.63, 3.8) is 0 Å². The molecule has 1 aliphatic heterocycles. The number of amidine groups is 1. The first-order valence-corrected chi connectivity index (χ1v) is 11.6. The van der Waals surface area contributed by atoms with E-state index in [1.165, 1.54) is 36.0 Å². The summed E-state index contributed by atoms with van der Waals surface area (Å²) in [6.45, 7) is 0.371. The summed E-state index contributed by atoms with van der Waals surface area (Å²) >= 11 is 2.77. The van der Waals surface area contributed by atoms with Crippen LogP contribution in [0.2, 0.25) is 0 Å². The maximum absolute atomic E-state index is 13.3. The van der Waals surface area contributed by atoms with Crippen LogP contribution >= 0.6 is 23.1 Å². The minimum Gasteiger partial charge on any atom is -0.497 e. The highest BCUT2D eigenvalue weighted by Crippen LogP contribution is 2.31. The van der Waals surface area contributed by atoms with Gasteiger partial charge in [-0.1, -0.05) is 17.8 Å². The van der Waals surface area contributed by atoms with Gasteiger partial charge in [-0.15, -0.1) is 11.3 Å². The van der Waals surface area contributed by atoms with Crippen LogP contribution in [0.15, 0.2) is 71.0 Å². The molecule has 1 saturated heterocycles. The number of carbonyl (C=O) groups excluding carboxylic acids is 2. The fourth-order valence-electron chi connectivity index (χ4n) is 3.08. The van der Waals surface area contributed by atoms with Crippen LogP contribution in [0.3, 0.4) is 0 Å². The van der Waals surface area contributed by atoms with Gasteiger partial charge in [0.1, 0.15) is 16.8 Å². The molecule has 0 radical (unpaired) electrons. The fraction of sp³-hybridized carbons (Fsp3) is 0.174. The molecular weight excluding hydrogens is 449 g/mol. The van der Waals surface area contributed by atoms with Crippen molar-refractivity contribution < 1.29 is 18.7 Å². The SMILES string of the molecule is COc1ccc(NC(=O)[C@H]2CC(=O)N(Cc3cccs3)C(=Nc3ccc(F)cc3)S2)cc1. The van der Waals surface area contributed by atoms with Gasteiger partial charge in [0.25, 0.3) is 0 Å². The minimum absolute atomic E-state index is 0.0560. The Morgan fingerprint density at radius 3 is 2.59 bits per heavy atom. The first kappa shape index (κ1) is 22.0. The third-order valence-electron chi connectivity index (χ3n) is 4.74. The van der Waals surface area contributed by atoms with Crippen molar-refractivity contribution in [2.75, 3.05) is 12.4 Å². The van der Waals surface area contributed by atoms with Crippen molar-refractivity contribution in [3.05, 3.63) is 76.7 Å². The highest BCUT2D eigenvalue weighted by Gasteiger charge is 2.36. The fourth-order valence-corrected chi connectivity index (χ4v) is 4.87. The van der Waals surface area contributed by atoms with Gasteiger partial charge in [-0.25, -0.2) is 9.38 Å². The quantitative estimate of drug-likeness (QED) is 0.548. The van der Waals surface area contributed by atoms with E-state index in [2.05, 4.69) is 10.3 Å². The van der Waals surface area contributed by atoms with Gasteiger partial charge in [0, 0.05) is 17.0 Å². The Hall–Kier alpha value is -3.17. The molecule has 0 aliphatic carbocycles. The molecule has 0 spiro atoms. The van der Waals surface area contributed by atoms with Gasteiger partial charge in [0.2, 0.25) is 11.8 Å². The molecule has 2 amide bonds. The number of thiophene rings is 1. The maximum atomic E-state index is 13.3.